The van der Waals surface area contributed by atoms with E-state index in [9.17, 15) is 14.7 Å². The van der Waals surface area contributed by atoms with Gasteiger partial charge in [-0.25, -0.2) is 4.79 Å². The van der Waals surface area contributed by atoms with Gasteiger partial charge in [-0.15, -0.1) is 0 Å². The quantitative estimate of drug-likeness (QED) is 0.833. The first kappa shape index (κ1) is 14.8. The Kier molecular flexibility index (Phi) is 4.65. The van der Waals surface area contributed by atoms with Gasteiger partial charge in [-0.1, -0.05) is 15.9 Å². The number of hydrogen-bond donors (Lipinski definition) is 2. The molecule has 0 aliphatic heterocycles. The molecule has 1 amide bonds. The topological polar surface area (TPSA) is 75.6 Å². The second-order valence-corrected chi connectivity index (χ2v) is 5.76. The van der Waals surface area contributed by atoms with Crippen LogP contribution in [0.25, 0.3) is 0 Å². The van der Waals surface area contributed by atoms with E-state index in [2.05, 4.69) is 21.2 Å². The summed E-state index contributed by atoms with van der Waals surface area (Å²) in [6.45, 7) is 1.94. The van der Waals surface area contributed by atoms with Gasteiger partial charge in [-0.05, 0) is 37.5 Å². The Balaban J connectivity index is 1.97. The van der Waals surface area contributed by atoms with Crippen molar-refractivity contribution in [3.63, 3.8) is 0 Å². The Morgan fingerprint density at radius 1 is 1.45 bits per heavy atom. The van der Waals surface area contributed by atoms with Crippen molar-refractivity contribution in [2.24, 2.45) is 0 Å². The van der Waals surface area contributed by atoms with Crippen molar-refractivity contribution in [1.82, 2.24) is 5.32 Å². The minimum absolute atomic E-state index is 0.0564. The Hall–Kier alpha value is -1.56. The maximum Gasteiger partial charge on any atom is 0.339 e. The van der Waals surface area contributed by atoms with E-state index in [1.807, 2.05) is 0 Å². The molecule has 1 aliphatic carbocycles. The Morgan fingerprint density at radius 3 is 2.75 bits per heavy atom. The third-order valence-corrected chi connectivity index (χ3v) is 3.45. The molecule has 0 unspecified atom stereocenters. The minimum Gasteiger partial charge on any atom is -0.492 e. The molecule has 1 aromatic rings. The van der Waals surface area contributed by atoms with E-state index in [-0.39, 0.29) is 24.5 Å². The van der Waals surface area contributed by atoms with Gasteiger partial charge in [0.1, 0.15) is 11.3 Å². The number of carbonyl (C=O) groups excluding carboxylic acids is 1. The Morgan fingerprint density at radius 2 is 2.15 bits per heavy atom. The summed E-state index contributed by atoms with van der Waals surface area (Å²) in [4.78, 5) is 22.7. The third kappa shape index (κ3) is 3.96. The number of halogens is 1. The molecule has 20 heavy (non-hydrogen) atoms. The monoisotopic (exact) mass is 341 g/mol. The number of carboxylic acids is 1. The van der Waals surface area contributed by atoms with Crippen LogP contribution in [0.15, 0.2) is 16.6 Å². The lowest BCUT2D eigenvalue weighted by molar-refractivity contribution is -0.121. The molecule has 0 atom stereocenters. The SMILES string of the molecule is Cc1cc(Br)cc(C(=O)O)c1OCCC(=O)NC1CC1. The molecule has 0 aromatic heterocycles. The Bertz CT molecular complexity index is 540. The number of nitrogens with one attached hydrogen (secondary N) is 1. The summed E-state index contributed by atoms with van der Waals surface area (Å²) in [6.07, 6.45) is 2.31. The fourth-order valence-corrected chi connectivity index (χ4v) is 2.43. The number of hydrogen-bond acceptors (Lipinski definition) is 3. The average molecular weight is 342 g/mol. The van der Waals surface area contributed by atoms with Gasteiger partial charge >= 0.3 is 5.97 Å². The normalized spacial score (nSPS) is 13.9. The number of carbonyl (C=O) groups is 2. The molecule has 1 aliphatic rings. The maximum atomic E-state index is 11.5. The van der Waals surface area contributed by atoms with Crippen LogP contribution in [0.2, 0.25) is 0 Å². The number of carboxylic acid groups (broad SMARTS) is 1. The van der Waals surface area contributed by atoms with Gasteiger partial charge < -0.3 is 15.2 Å². The first-order chi connectivity index (χ1) is 9.47. The van der Waals surface area contributed by atoms with Crippen molar-refractivity contribution >= 4 is 27.8 Å². The summed E-state index contributed by atoms with van der Waals surface area (Å²) in [7, 11) is 0. The van der Waals surface area contributed by atoms with Crippen LogP contribution in [0.5, 0.6) is 5.75 Å². The van der Waals surface area contributed by atoms with E-state index in [4.69, 9.17) is 4.74 Å². The van der Waals surface area contributed by atoms with Gasteiger partial charge in [-0.2, -0.15) is 0 Å². The van der Waals surface area contributed by atoms with Crippen molar-refractivity contribution in [3.05, 3.63) is 27.7 Å². The highest BCUT2D eigenvalue weighted by Crippen LogP contribution is 2.28. The lowest BCUT2D eigenvalue weighted by Crippen LogP contribution is -2.26. The molecule has 0 bridgehead atoms. The van der Waals surface area contributed by atoms with Gasteiger partial charge in [0.2, 0.25) is 5.91 Å². The second kappa shape index (κ2) is 6.26. The number of rotatable bonds is 6. The number of ether oxygens (including phenoxy) is 1. The van der Waals surface area contributed by atoms with Gasteiger partial charge in [-0.3, -0.25) is 4.79 Å². The zero-order valence-electron chi connectivity index (χ0n) is 11.1. The summed E-state index contributed by atoms with van der Waals surface area (Å²) in [5, 5.41) is 12.0. The van der Waals surface area contributed by atoms with Crippen molar-refractivity contribution < 1.29 is 19.4 Å². The van der Waals surface area contributed by atoms with Crippen LogP contribution >= 0.6 is 15.9 Å². The van der Waals surface area contributed by atoms with E-state index in [0.717, 1.165) is 18.4 Å². The lowest BCUT2D eigenvalue weighted by atomic mass is 10.1. The summed E-state index contributed by atoms with van der Waals surface area (Å²) in [5.74, 6) is -0.786. The molecule has 0 spiro atoms. The highest BCUT2D eigenvalue weighted by atomic mass is 79.9. The molecule has 1 fully saturated rings. The fourth-order valence-electron chi connectivity index (χ4n) is 1.85. The van der Waals surface area contributed by atoms with E-state index in [1.165, 1.54) is 6.07 Å². The molecule has 6 heteroatoms. The van der Waals surface area contributed by atoms with Crippen molar-refractivity contribution in [2.45, 2.75) is 32.2 Å². The molecule has 2 rings (SSSR count). The summed E-state index contributed by atoms with van der Waals surface area (Å²) >= 11 is 3.26. The van der Waals surface area contributed by atoms with Crippen LogP contribution in [0.4, 0.5) is 0 Å². The molecule has 1 saturated carbocycles. The predicted molar refractivity (Wildman–Crippen MR) is 77.1 cm³/mol. The van der Waals surface area contributed by atoms with Crippen molar-refractivity contribution in [2.75, 3.05) is 6.61 Å². The first-order valence-electron chi connectivity index (χ1n) is 6.43. The van der Waals surface area contributed by atoms with Crippen LogP contribution in [-0.2, 0) is 4.79 Å². The Labute approximate surface area is 125 Å². The van der Waals surface area contributed by atoms with E-state index in [1.54, 1.807) is 13.0 Å². The highest BCUT2D eigenvalue weighted by Gasteiger charge is 2.23. The average Bonchev–Trinajstić information content (AvgIpc) is 3.14. The lowest BCUT2D eigenvalue weighted by Gasteiger charge is -2.12. The molecule has 0 heterocycles. The largest absolute Gasteiger partial charge is 0.492 e. The van der Waals surface area contributed by atoms with E-state index in [0.29, 0.717) is 16.3 Å². The molecule has 2 N–H and O–H groups in total. The summed E-state index contributed by atoms with van der Waals surface area (Å²) < 4.78 is 6.18. The van der Waals surface area contributed by atoms with Crippen LogP contribution in [0, 0.1) is 6.92 Å². The van der Waals surface area contributed by atoms with Crippen LogP contribution in [0.3, 0.4) is 0 Å². The number of amides is 1. The van der Waals surface area contributed by atoms with Gasteiger partial charge in [0.05, 0.1) is 13.0 Å². The molecule has 1 aromatic carbocycles. The van der Waals surface area contributed by atoms with Crippen molar-refractivity contribution in [3.8, 4) is 5.75 Å². The molecule has 0 radical (unpaired) electrons. The van der Waals surface area contributed by atoms with Crippen LogP contribution in [-0.4, -0.2) is 29.6 Å². The summed E-state index contributed by atoms with van der Waals surface area (Å²) in [5.41, 5.74) is 0.818. The van der Waals surface area contributed by atoms with Crippen LogP contribution < -0.4 is 10.1 Å². The second-order valence-electron chi connectivity index (χ2n) is 4.84. The highest BCUT2D eigenvalue weighted by molar-refractivity contribution is 9.10. The van der Waals surface area contributed by atoms with Gasteiger partial charge in [0.25, 0.3) is 0 Å². The maximum absolute atomic E-state index is 11.5. The zero-order chi connectivity index (χ0) is 14.7. The van der Waals surface area contributed by atoms with Gasteiger partial charge in [0.15, 0.2) is 0 Å². The predicted octanol–water partition coefficient (Wildman–Crippen LogP) is 2.50. The van der Waals surface area contributed by atoms with Gasteiger partial charge in [0, 0.05) is 10.5 Å². The molecule has 5 nitrogen and oxygen atoms in total. The van der Waals surface area contributed by atoms with Crippen LogP contribution in [0.1, 0.15) is 35.2 Å². The molecular formula is C14H16BrNO4. The van der Waals surface area contributed by atoms with E-state index < -0.39 is 5.97 Å². The minimum atomic E-state index is -1.05. The smallest absolute Gasteiger partial charge is 0.339 e. The summed E-state index contributed by atoms with van der Waals surface area (Å²) in [6, 6.07) is 3.60. The first-order valence-corrected chi connectivity index (χ1v) is 7.22. The number of aromatic carboxylic acids is 1. The third-order valence-electron chi connectivity index (χ3n) is 2.99. The van der Waals surface area contributed by atoms with Crippen molar-refractivity contribution in [1.29, 1.82) is 0 Å². The zero-order valence-corrected chi connectivity index (χ0v) is 12.7. The molecule has 108 valence electrons. The molecule has 0 saturated heterocycles. The standard InChI is InChI=1S/C14H16BrNO4/c1-8-6-9(15)7-11(14(18)19)13(8)20-5-4-12(17)16-10-2-3-10/h6-7,10H,2-5H2,1H3,(H,16,17)(H,18,19). The number of benzene rings is 1. The molecular weight excluding hydrogens is 326 g/mol. The fraction of sp³-hybridized carbons (Fsp3) is 0.429. The van der Waals surface area contributed by atoms with E-state index >= 15 is 0 Å². The number of aryl methyl sites for hydroxylation is 1.